The molecule has 0 radical (unpaired) electrons. The van der Waals surface area contributed by atoms with Crippen LogP contribution in [0.3, 0.4) is 0 Å². The van der Waals surface area contributed by atoms with Crippen LogP contribution in [0.5, 0.6) is 0 Å². The first kappa shape index (κ1) is 13.3. The maximum atomic E-state index is 12.3. The first-order valence-corrected chi connectivity index (χ1v) is 8.09. The van der Waals surface area contributed by atoms with Gasteiger partial charge in [-0.3, -0.25) is 4.31 Å². The van der Waals surface area contributed by atoms with Crippen LogP contribution in [0.4, 0.5) is 11.4 Å². The van der Waals surface area contributed by atoms with E-state index < -0.39 is 10.0 Å². The van der Waals surface area contributed by atoms with Crippen molar-refractivity contribution in [2.45, 2.75) is 12.3 Å². The van der Waals surface area contributed by atoms with Crippen LogP contribution in [0.2, 0.25) is 5.02 Å². The molecule has 104 valence electrons. The molecule has 0 atom stereocenters. The SMILES string of the molecule is Nc1ccc(Cl)c2c1CS(=O)(=O)N2Cc1ccccc1. The van der Waals surface area contributed by atoms with Gasteiger partial charge in [0, 0.05) is 11.3 Å². The topological polar surface area (TPSA) is 63.4 Å². The fourth-order valence-corrected chi connectivity index (χ4v) is 4.36. The van der Waals surface area contributed by atoms with Crippen molar-refractivity contribution in [1.29, 1.82) is 0 Å². The summed E-state index contributed by atoms with van der Waals surface area (Å²) in [7, 11) is -3.42. The van der Waals surface area contributed by atoms with E-state index in [-0.39, 0.29) is 12.3 Å². The van der Waals surface area contributed by atoms with Crippen molar-refractivity contribution >= 4 is 33.0 Å². The van der Waals surface area contributed by atoms with Crippen molar-refractivity contribution in [1.82, 2.24) is 0 Å². The number of nitrogens with two attached hydrogens (primary N) is 1. The van der Waals surface area contributed by atoms with Crippen LogP contribution in [-0.4, -0.2) is 8.42 Å². The Labute approximate surface area is 122 Å². The summed E-state index contributed by atoms with van der Waals surface area (Å²) in [5, 5.41) is 0.409. The van der Waals surface area contributed by atoms with Crippen LogP contribution in [-0.2, 0) is 22.3 Å². The molecule has 20 heavy (non-hydrogen) atoms. The lowest BCUT2D eigenvalue weighted by atomic mass is 10.1. The predicted octanol–water partition coefficient (Wildman–Crippen LogP) is 2.77. The number of nitrogens with zero attached hydrogens (tertiary/aromatic N) is 1. The first-order valence-electron chi connectivity index (χ1n) is 6.10. The van der Waals surface area contributed by atoms with Gasteiger partial charge in [0.05, 0.1) is 23.0 Å². The van der Waals surface area contributed by atoms with Gasteiger partial charge >= 0.3 is 0 Å². The Morgan fingerprint density at radius 3 is 2.55 bits per heavy atom. The molecular formula is C14H13ClN2O2S. The molecule has 2 aromatic carbocycles. The molecule has 6 heteroatoms. The highest BCUT2D eigenvalue weighted by molar-refractivity contribution is 7.92. The van der Waals surface area contributed by atoms with Gasteiger partial charge in [0.15, 0.2) is 0 Å². The Hall–Kier alpha value is -1.72. The van der Waals surface area contributed by atoms with E-state index in [1.165, 1.54) is 4.31 Å². The van der Waals surface area contributed by atoms with Gasteiger partial charge < -0.3 is 5.73 Å². The highest BCUT2D eigenvalue weighted by Crippen LogP contribution is 2.42. The van der Waals surface area contributed by atoms with Crippen LogP contribution in [0.15, 0.2) is 42.5 Å². The molecule has 2 aromatic rings. The van der Waals surface area contributed by atoms with Crippen molar-refractivity contribution < 1.29 is 8.42 Å². The first-order chi connectivity index (χ1) is 9.49. The van der Waals surface area contributed by atoms with E-state index in [9.17, 15) is 8.42 Å². The van der Waals surface area contributed by atoms with Crippen molar-refractivity contribution in [2.75, 3.05) is 10.0 Å². The highest BCUT2D eigenvalue weighted by atomic mass is 35.5. The third-order valence-electron chi connectivity index (χ3n) is 3.35. The molecule has 0 saturated carbocycles. The lowest BCUT2D eigenvalue weighted by Crippen LogP contribution is -2.26. The number of sulfonamides is 1. The molecular weight excluding hydrogens is 296 g/mol. The van der Waals surface area contributed by atoms with Crippen molar-refractivity contribution in [3.8, 4) is 0 Å². The Balaban J connectivity index is 2.10. The molecule has 0 unspecified atom stereocenters. The monoisotopic (exact) mass is 308 g/mol. The summed E-state index contributed by atoms with van der Waals surface area (Å²) >= 11 is 6.17. The minimum Gasteiger partial charge on any atom is -0.398 e. The second-order valence-electron chi connectivity index (χ2n) is 4.71. The smallest absolute Gasteiger partial charge is 0.239 e. The van der Waals surface area contributed by atoms with E-state index in [4.69, 9.17) is 17.3 Å². The molecule has 0 saturated heterocycles. The summed E-state index contributed by atoms with van der Waals surface area (Å²) in [4.78, 5) is 0. The van der Waals surface area contributed by atoms with Crippen molar-refractivity contribution in [3.05, 3.63) is 58.6 Å². The number of halogens is 1. The highest BCUT2D eigenvalue weighted by Gasteiger charge is 2.36. The van der Waals surface area contributed by atoms with Gasteiger partial charge in [0.25, 0.3) is 0 Å². The summed E-state index contributed by atoms with van der Waals surface area (Å²) < 4.78 is 26.0. The number of anilines is 2. The van der Waals surface area contributed by atoms with Gasteiger partial charge in [-0.05, 0) is 17.7 Å². The minimum atomic E-state index is -3.42. The molecule has 1 aliphatic rings. The maximum absolute atomic E-state index is 12.3. The molecule has 0 fully saturated rings. The summed E-state index contributed by atoms with van der Waals surface area (Å²) in [5.41, 5.74) is 8.34. The third-order valence-corrected chi connectivity index (χ3v) is 5.29. The molecule has 1 aliphatic heterocycles. The Morgan fingerprint density at radius 2 is 1.85 bits per heavy atom. The largest absolute Gasteiger partial charge is 0.398 e. The Morgan fingerprint density at radius 1 is 1.15 bits per heavy atom. The summed E-state index contributed by atoms with van der Waals surface area (Å²) in [5.74, 6) is -0.0957. The van der Waals surface area contributed by atoms with Crippen LogP contribution < -0.4 is 10.0 Å². The van der Waals surface area contributed by atoms with Crippen molar-refractivity contribution in [3.63, 3.8) is 0 Å². The second kappa shape index (κ2) is 4.68. The predicted molar refractivity (Wildman–Crippen MR) is 81.1 cm³/mol. The number of hydrogen-bond acceptors (Lipinski definition) is 3. The fourth-order valence-electron chi connectivity index (χ4n) is 2.37. The quantitative estimate of drug-likeness (QED) is 0.868. The Kier molecular flexibility index (Phi) is 3.11. The molecule has 0 aromatic heterocycles. The minimum absolute atomic E-state index is 0.0957. The molecule has 0 aliphatic carbocycles. The van der Waals surface area contributed by atoms with Crippen LogP contribution in [0, 0.1) is 0 Å². The average molecular weight is 309 g/mol. The van der Waals surface area contributed by atoms with Crippen LogP contribution >= 0.6 is 11.6 Å². The molecule has 3 rings (SSSR count). The lowest BCUT2D eigenvalue weighted by Gasteiger charge is -2.19. The van der Waals surface area contributed by atoms with Crippen molar-refractivity contribution in [2.24, 2.45) is 0 Å². The van der Waals surface area contributed by atoms with Gasteiger partial charge in [0.2, 0.25) is 10.0 Å². The molecule has 0 amide bonds. The average Bonchev–Trinajstić information content (AvgIpc) is 2.69. The molecule has 0 spiro atoms. The number of rotatable bonds is 2. The molecule has 0 bridgehead atoms. The summed E-state index contributed by atoms with van der Waals surface area (Å²) in [6.07, 6.45) is 0. The number of benzene rings is 2. The molecule has 4 nitrogen and oxygen atoms in total. The van der Waals surface area contributed by atoms with Crippen LogP contribution in [0.1, 0.15) is 11.1 Å². The number of fused-ring (bicyclic) bond motifs is 1. The van der Waals surface area contributed by atoms with E-state index >= 15 is 0 Å². The zero-order chi connectivity index (χ0) is 14.3. The number of hydrogen-bond donors (Lipinski definition) is 1. The Bertz CT molecular complexity index is 760. The van der Waals surface area contributed by atoms with Gasteiger partial charge in [0.1, 0.15) is 0 Å². The van der Waals surface area contributed by atoms with E-state index in [1.54, 1.807) is 12.1 Å². The van der Waals surface area contributed by atoms with Gasteiger partial charge in [-0.1, -0.05) is 41.9 Å². The summed E-state index contributed by atoms with van der Waals surface area (Å²) in [6.45, 7) is 0.263. The van der Waals surface area contributed by atoms with E-state index in [0.29, 0.717) is 22.0 Å². The standard InChI is InChI=1S/C14H13ClN2O2S/c15-12-6-7-13(16)11-9-20(18,19)17(14(11)12)8-10-4-2-1-3-5-10/h1-7H,8-9,16H2. The van der Waals surface area contributed by atoms with Gasteiger partial charge in [-0.2, -0.15) is 0 Å². The number of nitrogen functional groups attached to an aromatic ring is 1. The molecule has 2 N–H and O–H groups in total. The van der Waals surface area contributed by atoms with Gasteiger partial charge in [-0.25, -0.2) is 8.42 Å². The van der Waals surface area contributed by atoms with E-state index in [1.807, 2.05) is 30.3 Å². The fraction of sp³-hybridized carbons (Fsp3) is 0.143. The van der Waals surface area contributed by atoms with E-state index in [0.717, 1.165) is 5.56 Å². The normalized spacial score (nSPS) is 16.1. The zero-order valence-electron chi connectivity index (χ0n) is 10.6. The maximum Gasteiger partial charge on any atom is 0.239 e. The van der Waals surface area contributed by atoms with Gasteiger partial charge in [-0.15, -0.1) is 0 Å². The van der Waals surface area contributed by atoms with Crippen LogP contribution in [0.25, 0.3) is 0 Å². The third kappa shape index (κ3) is 2.13. The zero-order valence-corrected chi connectivity index (χ0v) is 12.2. The summed E-state index contributed by atoms with van der Waals surface area (Å²) in [6, 6.07) is 12.7. The van der Waals surface area contributed by atoms with E-state index in [2.05, 4.69) is 0 Å². The lowest BCUT2D eigenvalue weighted by molar-refractivity contribution is 0.593. The molecule has 1 heterocycles. The second-order valence-corrected chi connectivity index (χ2v) is 7.01.